The minimum absolute atomic E-state index is 0.217. The van der Waals surface area contributed by atoms with Crippen LogP contribution in [0.1, 0.15) is 22.8 Å². The van der Waals surface area contributed by atoms with Crippen LogP contribution in [0.2, 0.25) is 0 Å². The second kappa shape index (κ2) is 6.44. The first-order valence-corrected chi connectivity index (χ1v) is 6.73. The molecule has 2 N–H and O–H groups in total. The van der Waals surface area contributed by atoms with Crippen LogP contribution in [0.4, 0.5) is 0 Å². The smallest absolute Gasteiger partial charge is 0.139 e. The standard InChI is InChI=1S/C17H21NO2/c1-12-7-6-8-13(2)17(12)20-16(11-18)14-9-4-5-10-15(14)19-3/h4-10,16H,11,18H2,1-3H3. The molecule has 1 unspecified atom stereocenters. The molecule has 0 saturated carbocycles. The van der Waals surface area contributed by atoms with E-state index < -0.39 is 0 Å². The molecule has 2 aromatic rings. The molecule has 2 rings (SSSR count). The number of aryl methyl sites for hydroxylation is 2. The number of hydrogen-bond acceptors (Lipinski definition) is 3. The first-order chi connectivity index (χ1) is 9.67. The molecular weight excluding hydrogens is 250 g/mol. The van der Waals surface area contributed by atoms with E-state index in [0.717, 1.165) is 28.2 Å². The summed E-state index contributed by atoms with van der Waals surface area (Å²) in [6, 6.07) is 13.9. The summed E-state index contributed by atoms with van der Waals surface area (Å²) in [5, 5.41) is 0. The average Bonchev–Trinajstić information content (AvgIpc) is 2.47. The van der Waals surface area contributed by atoms with Crippen LogP contribution in [0.25, 0.3) is 0 Å². The molecule has 0 fully saturated rings. The zero-order valence-corrected chi connectivity index (χ0v) is 12.2. The third-order valence-electron chi connectivity index (χ3n) is 3.37. The van der Waals surface area contributed by atoms with E-state index in [1.807, 2.05) is 56.3 Å². The fraction of sp³-hybridized carbons (Fsp3) is 0.294. The summed E-state index contributed by atoms with van der Waals surface area (Å²) in [6.07, 6.45) is -0.217. The lowest BCUT2D eigenvalue weighted by atomic mass is 10.1. The van der Waals surface area contributed by atoms with Gasteiger partial charge in [0.1, 0.15) is 17.6 Å². The normalized spacial score (nSPS) is 12.0. The predicted octanol–water partition coefficient (Wildman–Crippen LogP) is 3.39. The molecule has 1 atom stereocenters. The molecule has 3 heteroatoms. The van der Waals surface area contributed by atoms with Crippen molar-refractivity contribution < 1.29 is 9.47 Å². The number of rotatable bonds is 5. The molecule has 0 aromatic heterocycles. The number of para-hydroxylation sites is 2. The lowest BCUT2D eigenvalue weighted by molar-refractivity contribution is 0.206. The second-order valence-corrected chi connectivity index (χ2v) is 4.81. The maximum absolute atomic E-state index is 6.15. The molecule has 0 saturated heterocycles. The van der Waals surface area contributed by atoms with Gasteiger partial charge in [0.15, 0.2) is 0 Å². The summed E-state index contributed by atoms with van der Waals surface area (Å²) in [5.41, 5.74) is 9.09. The third-order valence-corrected chi connectivity index (χ3v) is 3.37. The largest absolute Gasteiger partial charge is 0.496 e. The highest BCUT2D eigenvalue weighted by atomic mass is 16.5. The Morgan fingerprint density at radius 2 is 1.65 bits per heavy atom. The van der Waals surface area contributed by atoms with E-state index in [0.29, 0.717) is 6.54 Å². The Hall–Kier alpha value is -2.00. The van der Waals surface area contributed by atoms with Crippen LogP contribution in [-0.2, 0) is 0 Å². The highest BCUT2D eigenvalue weighted by Gasteiger charge is 2.17. The van der Waals surface area contributed by atoms with Gasteiger partial charge in [0.2, 0.25) is 0 Å². The summed E-state index contributed by atoms with van der Waals surface area (Å²) in [6.45, 7) is 4.48. The number of nitrogens with two attached hydrogens (primary N) is 1. The zero-order valence-electron chi connectivity index (χ0n) is 12.2. The van der Waals surface area contributed by atoms with Crippen molar-refractivity contribution >= 4 is 0 Å². The third kappa shape index (κ3) is 2.94. The van der Waals surface area contributed by atoms with Crippen LogP contribution in [-0.4, -0.2) is 13.7 Å². The van der Waals surface area contributed by atoms with Crippen LogP contribution in [0.5, 0.6) is 11.5 Å². The van der Waals surface area contributed by atoms with Gasteiger partial charge in [0.25, 0.3) is 0 Å². The minimum atomic E-state index is -0.217. The first-order valence-electron chi connectivity index (χ1n) is 6.73. The van der Waals surface area contributed by atoms with E-state index in [1.165, 1.54) is 0 Å². The predicted molar refractivity (Wildman–Crippen MR) is 81.3 cm³/mol. The van der Waals surface area contributed by atoms with Crippen molar-refractivity contribution in [2.45, 2.75) is 20.0 Å². The number of hydrogen-bond donors (Lipinski definition) is 1. The molecule has 0 aliphatic heterocycles. The molecule has 0 heterocycles. The Balaban J connectivity index is 2.34. The summed E-state index contributed by atoms with van der Waals surface area (Å²) < 4.78 is 11.5. The van der Waals surface area contributed by atoms with Gasteiger partial charge in [-0.1, -0.05) is 36.4 Å². The molecule has 0 bridgehead atoms. The number of benzene rings is 2. The van der Waals surface area contributed by atoms with Crippen LogP contribution in [0.15, 0.2) is 42.5 Å². The van der Waals surface area contributed by atoms with E-state index in [4.69, 9.17) is 15.2 Å². The number of ether oxygens (including phenoxy) is 2. The Labute approximate surface area is 120 Å². The van der Waals surface area contributed by atoms with Gasteiger partial charge in [-0.15, -0.1) is 0 Å². The van der Waals surface area contributed by atoms with Gasteiger partial charge in [0.05, 0.1) is 7.11 Å². The molecular formula is C17H21NO2. The van der Waals surface area contributed by atoms with E-state index in [1.54, 1.807) is 7.11 Å². The lowest BCUT2D eigenvalue weighted by Gasteiger charge is -2.22. The van der Waals surface area contributed by atoms with Crippen molar-refractivity contribution in [1.29, 1.82) is 0 Å². The van der Waals surface area contributed by atoms with Crippen LogP contribution >= 0.6 is 0 Å². The Kier molecular flexibility index (Phi) is 4.64. The van der Waals surface area contributed by atoms with Crippen molar-refractivity contribution in [2.75, 3.05) is 13.7 Å². The minimum Gasteiger partial charge on any atom is -0.496 e. The SMILES string of the molecule is COc1ccccc1C(CN)Oc1c(C)cccc1C. The van der Waals surface area contributed by atoms with Crippen molar-refractivity contribution in [3.05, 3.63) is 59.2 Å². The number of methoxy groups -OCH3 is 1. The van der Waals surface area contributed by atoms with Gasteiger partial charge in [0, 0.05) is 12.1 Å². The quantitative estimate of drug-likeness (QED) is 0.906. The van der Waals surface area contributed by atoms with Gasteiger partial charge in [-0.25, -0.2) is 0 Å². The lowest BCUT2D eigenvalue weighted by Crippen LogP contribution is -2.20. The molecule has 20 heavy (non-hydrogen) atoms. The van der Waals surface area contributed by atoms with E-state index in [-0.39, 0.29) is 6.10 Å². The zero-order chi connectivity index (χ0) is 14.5. The molecule has 0 radical (unpaired) electrons. The molecule has 0 spiro atoms. The fourth-order valence-electron chi connectivity index (χ4n) is 2.30. The Morgan fingerprint density at radius 3 is 2.25 bits per heavy atom. The van der Waals surface area contributed by atoms with Crippen molar-refractivity contribution in [3.63, 3.8) is 0 Å². The van der Waals surface area contributed by atoms with Crippen molar-refractivity contribution in [3.8, 4) is 11.5 Å². The fourth-order valence-corrected chi connectivity index (χ4v) is 2.30. The van der Waals surface area contributed by atoms with Gasteiger partial charge in [-0.3, -0.25) is 0 Å². The van der Waals surface area contributed by atoms with Gasteiger partial charge in [-0.2, -0.15) is 0 Å². The maximum atomic E-state index is 6.15. The van der Waals surface area contributed by atoms with E-state index in [2.05, 4.69) is 0 Å². The Bertz CT molecular complexity index is 561. The second-order valence-electron chi connectivity index (χ2n) is 4.81. The van der Waals surface area contributed by atoms with Gasteiger partial charge < -0.3 is 15.2 Å². The summed E-state index contributed by atoms with van der Waals surface area (Å²) in [7, 11) is 1.66. The van der Waals surface area contributed by atoms with Crippen LogP contribution < -0.4 is 15.2 Å². The van der Waals surface area contributed by atoms with Crippen LogP contribution in [0.3, 0.4) is 0 Å². The van der Waals surface area contributed by atoms with Crippen LogP contribution in [0, 0.1) is 13.8 Å². The Morgan fingerprint density at radius 1 is 1.00 bits per heavy atom. The van der Waals surface area contributed by atoms with E-state index in [9.17, 15) is 0 Å². The van der Waals surface area contributed by atoms with Gasteiger partial charge >= 0.3 is 0 Å². The highest BCUT2D eigenvalue weighted by molar-refractivity contribution is 5.42. The highest BCUT2D eigenvalue weighted by Crippen LogP contribution is 2.31. The maximum Gasteiger partial charge on any atom is 0.139 e. The van der Waals surface area contributed by atoms with E-state index >= 15 is 0 Å². The summed E-state index contributed by atoms with van der Waals surface area (Å²) in [5.74, 6) is 1.70. The molecule has 2 aromatic carbocycles. The van der Waals surface area contributed by atoms with Gasteiger partial charge in [-0.05, 0) is 31.0 Å². The van der Waals surface area contributed by atoms with Crippen molar-refractivity contribution in [1.82, 2.24) is 0 Å². The topological polar surface area (TPSA) is 44.5 Å². The molecule has 0 aliphatic rings. The summed E-state index contributed by atoms with van der Waals surface area (Å²) in [4.78, 5) is 0. The first kappa shape index (κ1) is 14.4. The molecule has 0 aliphatic carbocycles. The van der Waals surface area contributed by atoms with Crippen molar-refractivity contribution in [2.24, 2.45) is 5.73 Å². The summed E-state index contributed by atoms with van der Waals surface area (Å²) >= 11 is 0. The molecule has 0 amide bonds. The molecule has 106 valence electrons. The monoisotopic (exact) mass is 271 g/mol. The average molecular weight is 271 g/mol. The molecule has 3 nitrogen and oxygen atoms in total.